The summed E-state index contributed by atoms with van der Waals surface area (Å²) in [6.45, 7) is 6.42. The molecule has 6 heteroatoms. The molecule has 3 rings (SSSR count). The van der Waals surface area contributed by atoms with Crippen LogP contribution >= 0.6 is 0 Å². The van der Waals surface area contributed by atoms with E-state index in [0.29, 0.717) is 11.5 Å². The van der Waals surface area contributed by atoms with Crippen LogP contribution < -0.4 is 4.90 Å². The van der Waals surface area contributed by atoms with Crippen LogP contribution in [0.15, 0.2) is 18.3 Å². The lowest BCUT2D eigenvalue weighted by Crippen LogP contribution is -2.44. The Morgan fingerprint density at radius 1 is 1.25 bits per heavy atom. The summed E-state index contributed by atoms with van der Waals surface area (Å²) in [4.78, 5) is 23.8. The molecule has 24 heavy (non-hydrogen) atoms. The number of carbonyl (C=O) groups excluding carboxylic acids is 1. The average Bonchev–Trinajstić information content (AvgIpc) is 2.62. The summed E-state index contributed by atoms with van der Waals surface area (Å²) < 4.78 is 5.25. The lowest BCUT2D eigenvalue weighted by Gasteiger charge is -2.33. The van der Waals surface area contributed by atoms with Gasteiger partial charge in [0.1, 0.15) is 5.82 Å². The lowest BCUT2D eigenvalue weighted by molar-refractivity contribution is 0.0570. The van der Waals surface area contributed by atoms with Gasteiger partial charge in [0, 0.05) is 52.6 Å². The number of methoxy groups -OCH3 is 1. The second-order valence-corrected chi connectivity index (χ2v) is 6.91. The number of piperidine rings is 1. The smallest absolute Gasteiger partial charge is 0.255 e. The molecular weight excluding hydrogens is 304 g/mol. The number of pyridine rings is 1. The molecule has 1 amide bonds. The number of amides is 1. The summed E-state index contributed by atoms with van der Waals surface area (Å²) in [5, 5.41) is 0. The number of hydrogen-bond donors (Lipinski definition) is 0. The van der Waals surface area contributed by atoms with Crippen molar-refractivity contribution >= 4 is 11.7 Å². The van der Waals surface area contributed by atoms with E-state index in [1.54, 1.807) is 13.3 Å². The Morgan fingerprint density at radius 3 is 2.71 bits per heavy atom. The molecule has 0 bridgehead atoms. The Kier molecular flexibility index (Phi) is 5.68. The van der Waals surface area contributed by atoms with Crippen LogP contribution in [0.5, 0.6) is 0 Å². The molecule has 0 saturated carbocycles. The largest absolute Gasteiger partial charge is 0.384 e. The minimum Gasteiger partial charge on any atom is -0.384 e. The number of anilines is 1. The first-order valence-electron chi connectivity index (χ1n) is 8.85. The zero-order valence-corrected chi connectivity index (χ0v) is 14.8. The van der Waals surface area contributed by atoms with E-state index in [-0.39, 0.29) is 5.91 Å². The highest BCUT2D eigenvalue weighted by molar-refractivity contribution is 5.94. The second-order valence-electron chi connectivity index (χ2n) is 6.91. The summed E-state index contributed by atoms with van der Waals surface area (Å²) >= 11 is 0. The SMILES string of the molecule is COC[C@@H]1CCCN(C(=O)c2ccc(N3CCN(C)CC3)nc2)C1. The minimum atomic E-state index is 0.0910. The standard InChI is InChI=1S/C18H28N4O2/c1-20-8-10-21(11-9-20)17-6-5-16(12-19-17)18(23)22-7-3-4-15(13-22)14-24-2/h5-6,12,15H,3-4,7-11,13-14H2,1-2H3/t15-/m1/s1. The molecule has 0 aromatic carbocycles. The van der Waals surface area contributed by atoms with Crippen LogP contribution in [0.2, 0.25) is 0 Å². The van der Waals surface area contributed by atoms with E-state index in [4.69, 9.17) is 4.74 Å². The van der Waals surface area contributed by atoms with Gasteiger partial charge >= 0.3 is 0 Å². The maximum Gasteiger partial charge on any atom is 0.255 e. The molecule has 2 aliphatic heterocycles. The van der Waals surface area contributed by atoms with Crippen LogP contribution in [0.1, 0.15) is 23.2 Å². The zero-order valence-electron chi connectivity index (χ0n) is 14.8. The quantitative estimate of drug-likeness (QED) is 0.833. The minimum absolute atomic E-state index is 0.0910. The molecule has 2 fully saturated rings. The number of aromatic nitrogens is 1. The van der Waals surface area contributed by atoms with Gasteiger partial charge in [0.05, 0.1) is 12.2 Å². The van der Waals surface area contributed by atoms with Crippen LogP contribution in [0.4, 0.5) is 5.82 Å². The van der Waals surface area contributed by atoms with Crippen LogP contribution in [-0.4, -0.2) is 80.7 Å². The van der Waals surface area contributed by atoms with Crippen molar-refractivity contribution in [3.8, 4) is 0 Å². The van der Waals surface area contributed by atoms with Gasteiger partial charge in [-0.25, -0.2) is 4.98 Å². The number of likely N-dealkylation sites (N-methyl/N-ethyl adjacent to an activating group) is 1. The second kappa shape index (κ2) is 7.94. The number of rotatable bonds is 4. The molecule has 2 saturated heterocycles. The first-order valence-corrected chi connectivity index (χ1v) is 8.85. The lowest BCUT2D eigenvalue weighted by atomic mass is 9.98. The molecule has 0 unspecified atom stereocenters. The molecule has 132 valence electrons. The van der Waals surface area contributed by atoms with E-state index >= 15 is 0 Å². The molecule has 0 spiro atoms. The Balaban J connectivity index is 1.61. The first kappa shape index (κ1) is 17.2. The van der Waals surface area contributed by atoms with Crippen molar-refractivity contribution < 1.29 is 9.53 Å². The fourth-order valence-corrected chi connectivity index (χ4v) is 3.54. The molecule has 0 aliphatic carbocycles. The fraction of sp³-hybridized carbons (Fsp3) is 0.667. The van der Waals surface area contributed by atoms with Gasteiger partial charge in [-0.2, -0.15) is 0 Å². The number of nitrogens with zero attached hydrogens (tertiary/aromatic N) is 4. The van der Waals surface area contributed by atoms with Crippen LogP contribution in [-0.2, 0) is 4.74 Å². The predicted octanol–water partition coefficient (Wildman–Crippen LogP) is 1.33. The first-order chi connectivity index (χ1) is 11.7. The van der Waals surface area contributed by atoms with Gasteiger partial charge in [-0.15, -0.1) is 0 Å². The van der Waals surface area contributed by atoms with Crippen molar-refractivity contribution in [2.24, 2.45) is 5.92 Å². The Labute approximate surface area is 144 Å². The molecule has 1 aromatic rings. The Bertz CT molecular complexity index is 538. The fourth-order valence-electron chi connectivity index (χ4n) is 3.54. The topological polar surface area (TPSA) is 48.9 Å². The summed E-state index contributed by atoms with van der Waals surface area (Å²) in [5.41, 5.74) is 0.686. The molecule has 1 atom stereocenters. The number of hydrogen-bond acceptors (Lipinski definition) is 5. The van der Waals surface area contributed by atoms with Gasteiger partial charge in [0.2, 0.25) is 0 Å². The van der Waals surface area contributed by atoms with Crippen LogP contribution in [0.25, 0.3) is 0 Å². The number of ether oxygens (including phenoxy) is 1. The van der Waals surface area contributed by atoms with Crippen molar-refractivity contribution in [3.05, 3.63) is 23.9 Å². The molecule has 1 aromatic heterocycles. The molecular formula is C18H28N4O2. The Hall–Kier alpha value is -1.66. The zero-order chi connectivity index (χ0) is 16.9. The normalized spacial score (nSPS) is 22.7. The van der Waals surface area contributed by atoms with Crippen molar-refractivity contribution in [2.45, 2.75) is 12.8 Å². The van der Waals surface area contributed by atoms with Gasteiger partial charge in [0.15, 0.2) is 0 Å². The van der Waals surface area contributed by atoms with E-state index in [1.807, 2.05) is 17.0 Å². The summed E-state index contributed by atoms with van der Waals surface area (Å²) in [7, 11) is 3.86. The number of piperazine rings is 1. The maximum atomic E-state index is 12.7. The van der Waals surface area contributed by atoms with Gasteiger partial charge in [0.25, 0.3) is 5.91 Å². The molecule has 2 aliphatic rings. The van der Waals surface area contributed by atoms with E-state index in [2.05, 4.69) is 21.8 Å². The van der Waals surface area contributed by atoms with Gasteiger partial charge in [-0.1, -0.05) is 0 Å². The van der Waals surface area contributed by atoms with Crippen molar-refractivity contribution in [1.82, 2.24) is 14.8 Å². The highest BCUT2D eigenvalue weighted by atomic mass is 16.5. The van der Waals surface area contributed by atoms with Crippen molar-refractivity contribution in [3.63, 3.8) is 0 Å². The van der Waals surface area contributed by atoms with Crippen LogP contribution in [0, 0.1) is 5.92 Å². The third kappa shape index (κ3) is 4.05. The van der Waals surface area contributed by atoms with Crippen molar-refractivity contribution in [1.29, 1.82) is 0 Å². The monoisotopic (exact) mass is 332 g/mol. The van der Waals surface area contributed by atoms with Crippen LogP contribution in [0.3, 0.4) is 0 Å². The average molecular weight is 332 g/mol. The van der Waals surface area contributed by atoms with Gasteiger partial charge in [-0.3, -0.25) is 4.79 Å². The third-order valence-corrected chi connectivity index (χ3v) is 5.03. The maximum absolute atomic E-state index is 12.7. The molecule has 0 N–H and O–H groups in total. The van der Waals surface area contributed by atoms with E-state index < -0.39 is 0 Å². The van der Waals surface area contributed by atoms with Crippen molar-refractivity contribution in [2.75, 3.05) is 64.9 Å². The molecule has 3 heterocycles. The van der Waals surface area contributed by atoms with E-state index in [9.17, 15) is 4.79 Å². The predicted molar refractivity (Wildman–Crippen MR) is 94.5 cm³/mol. The third-order valence-electron chi connectivity index (χ3n) is 5.03. The summed E-state index contributed by atoms with van der Waals surface area (Å²) in [5.74, 6) is 1.51. The van der Waals surface area contributed by atoms with E-state index in [0.717, 1.165) is 64.5 Å². The summed E-state index contributed by atoms with van der Waals surface area (Å²) in [6.07, 6.45) is 3.92. The summed E-state index contributed by atoms with van der Waals surface area (Å²) in [6, 6.07) is 3.90. The highest BCUT2D eigenvalue weighted by Crippen LogP contribution is 2.20. The Morgan fingerprint density at radius 2 is 2.04 bits per heavy atom. The van der Waals surface area contributed by atoms with Gasteiger partial charge < -0.3 is 19.4 Å². The van der Waals surface area contributed by atoms with Gasteiger partial charge in [-0.05, 0) is 37.9 Å². The van der Waals surface area contributed by atoms with E-state index in [1.165, 1.54) is 0 Å². The highest BCUT2D eigenvalue weighted by Gasteiger charge is 2.25. The molecule has 6 nitrogen and oxygen atoms in total. The number of carbonyl (C=O) groups is 1. The molecule has 0 radical (unpaired) electrons. The number of likely N-dealkylation sites (tertiary alicyclic amines) is 1.